The zero-order valence-corrected chi connectivity index (χ0v) is 12.6. The normalized spacial score (nSPS) is 46.8. The van der Waals surface area contributed by atoms with Crippen molar-refractivity contribution >= 4 is 5.78 Å². The van der Waals surface area contributed by atoms with Crippen molar-refractivity contribution in [3.8, 4) is 11.5 Å². The standard InChI is InChI=1S/C18H19NO3/c1-19-8-17-6-9-2-4-11(20)14-13(9)18(7-17)10(15(17)19)3-5-12(21)16(18)22-14/h2,4,10,15-16,20H,3,5-8H2,1H3. The van der Waals surface area contributed by atoms with Gasteiger partial charge >= 0.3 is 0 Å². The average Bonchev–Trinajstić information content (AvgIpc) is 2.92. The van der Waals surface area contributed by atoms with Gasteiger partial charge in [-0.05, 0) is 43.9 Å². The van der Waals surface area contributed by atoms with Crippen LogP contribution in [0.15, 0.2) is 12.1 Å². The van der Waals surface area contributed by atoms with Crippen molar-refractivity contribution in [2.75, 3.05) is 13.6 Å². The summed E-state index contributed by atoms with van der Waals surface area (Å²) in [6, 6.07) is 4.40. The van der Waals surface area contributed by atoms with E-state index in [-0.39, 0.29) is 23.1 Å². The largest absolute Gasteiger partial charge is 0.504 e. The minimum atomic E-state index is -0.357. The highest BCUT2D eigenvalue weighted by Gasteiger charge is 2.76. The van der Waals surface area contributed by atoms with E-state index in [0.29, 0.717) is 29.5 Å². The molecule has 5 aliphatic rings. The Balaban J connectivity index is 1.70. The second-order valence-corrected chi connectivity index (χ2v) is 8.17. The average molecular weight is 297 g/mol. The smallest absolute Gasteiger partial charge is 0.174 e. The first-order valence-electron chi connectivity index (χ1n) is 8.32. The molecule has 0 amide bonds. The highest BCUT2D eigenvalue weighted by molar-refractivity contribution is 5.89. The third-order valence-corrected chi connectivity index (χ3v) is 7.28. The third kappa shape index (κ3) is 0.961. The lowest BCUT2D eigenvalue weighted by molar-refractivity contribution is -0.132. The van der Waals surface area contributed by atoms with Crippen LogP contribution in [0.4, 0.5) is 0 Å². The van der Waals surface area contributed by atoms with Gasteiger partial charge in [-0.15, -0.1) is 0 Å². The van der Waals surface area contributed by atoms with Gasteiger partial charge in [-0.2, -0.15) is 0 Å². The second-order valence-electron chi connectivity index (χ2n) is 8.17. The van der Waals surface area contributed by atoms with Gasteiger partial charge in [-0.3, -0.25) is 4.79 Å². The maximum Gasteiger partial charge on any atom is 0.174 e. The molecular weight excluding hydrogens is 278 g/mol. The van der Waals surface area contributed by atoms with Crippen LogP contribution in [0.25, 0.3) is 0 Å². The highest BCUT2D eigenvalue weighted by atomic mass is 16.5. The number of Topliss-reactive ketones (excluding diaryl/α,β-unsaturated/α-hetero) is 1. The van der Waals surface area contributed by atoms with E-state index in [1.54, 1.807) is 6.07 Å². The van der Waals surface area contributed by atoms with E-state index in [2.05, 4.69) is 18.0 Å². The van der Waals surface area contributed by atoms with Crippen molar-refractivity contribution in [2.24, 2.45) is 11.3 Å². The van der Waals surface area contributed by atoms with Crippen LogP contribution in [0.3, 0.4) is 0 Å². The lowest BCUT2D eigenvalue weighted by Crippen LogP contribution is -2.63. The monoisotopic (exact) mass is 297 g/mol. The Hall–Kier alpha value is -1.55. The number of fused-ring (bicyclic) bond motifs is 1. The number of aromatic hydroxyl groups is 1. The molecule has 114 valence electrons. The molecule has 2 saturated carbocycles. The Bertz CT molecular complexity index is 759. The maximum absolute atomic E-state index is 12.6. The van der Waals surface area contributed by atoms with Crippen LogP contribution in [-0.2, 0) is 16.6 Å². The molecule has 0 aromatic heterocycles. The summed E-state index contributed by atoms with van der Waals surface area (Å²) >= 11 is 0. The lowest BCUT2D eigenvalue weighted by Gasteiger charge is -2.55. The van der Waals surface area contributed by atoms with E-state index in [9.17, 15) is 9.90 Å². The number of ether oxygens (including phenoxy) is 1. The minimum absolute atomic E-state index is 0.160. The fourth-order valence-corrected chi connectivity index (χ4v) is 7.04. The van der Waals surface area contributed by atoms with Crippen molar-refractivity contribution in [1.29, 1.82) is 0 Å². The Kier molecular flexibility index (Phi) is 1.74. The van der Waals surface area contributed by atoms with Crippen LogP contribution in [0.1, 0.15) is 30.4 Å². The number of benzene rings is 1. The first kappa shape index (κ1) is 11.9. The zero-order valence-electron chi connectivity index (χ0n) is 12.6. The summed E-state index contributed by atoms with van der Waals surface area (Å²) in [4.78, 5) is 15.1. The molecule has 3 aliphatic carbocycles. The molecule has 5 unspecified atom stereocenters. The molecule has 1 saturated heterocycles. The number of carbonyl (C=O) groups is 1. The molecule has 3 fully saturated rings. The fraction of sp³-hybridized carbons (Fsp3) is 0.611. The number of rotatable bonds is 0. The molecule has 1 aromatic rings. The Morgan fingerprint density at radius 3 is 3.09 bits per heavy atom. The van der Waals surface area contributed by atoms with Gasteiger partial charge in [0, 0.05) is 35.4 Å². The van der Waals surface area contributed by atoms with Crippen molar-refractivity contribution < 1.29 is 14.6 Å². The van der Waals surface area contributed by atoms with Gasteiger partial charge in [0.25, 0.3) is 0 Å². The van der Waals surface area contributed by atoms with Crippen molar-refractivity contribution in [1.82, 2.24) is 4.90 Å². The third-order valence-electron chi connectivity index (χ3n) is 7.28. The second kappa shape index (κ2) is 3.21. The molecule has 2 bridgehead atoms. The van der Waals surface area contributed by atoms with Gasteiger partial charge in [-0.1, -0.05) is 6.07 Å². The van der Waals surface area contributed by atoms with E-state index in [1.807, 2.05) is 0 Å². The first-order chi connectivity index (χ1) is 10.6. The summed E-state index contributed by atoms with van der Waals surface area (Å²) in [5, 5.41) is 10.3. The molecule has 2 aliphatic heterocycles. The van der Waals surface area contributed by atoms with Crippen LogP contribution in [0.2, 0.25) is 0 Å². The number of nitrogens with zero attached hydrogens (tertiary/aromatic N) is 1. The molecule has 4 heteroatoms. The van der Waals surface area contributed by atoms with Crippen LogP contribution >= 0.6 is 0 Å². The number of carbonyl (C=O) groups excluding carboxylic acids is 1. The summed E-state index contributed by atoms with van der Waals surface area (Å²) in [7, 11) is 2.22. The number of phenols is 1. The molecule has 2 heterocycles. The van der Waals surface area contributed by atoms with Crippen molar-refractivity contribution in [3.05, 3.63) is 23.3 Å². The lowest BCUT2D eigenvalue weighted by atomic mass is 9.59. The Labute approximate surface area is 129 Å². The predicted molar refractivity (Wildman–Crippen MR) is 79.1 cm³/mol. The van der Waals surface area contributed by atoms with E-state index in [0.717, 1.165) is 25.8 Å². The number of ketones is 1. The van der Waals surface area contributed by atoms with Crippen molar-refractivity contribution in [3.63, 3.8) is 0 Å². The van der Waals surface area contributed by atoms with Gasteiger partial charge in [0.1, 0.15) is 0 Å². The van der Waals surface area contributed by atoms with Crippen LogP contribution in [-0.4, -0.2) is 41.5 Å². The van der Waals surface area contributed by atoms with E-state index >= 15 is 0 Å². The van der Waals surface area contributed by atoms with Gasteiger partial charge < -0.3 is 14.7 Å². The molecule has 6 rings (SSSR count). The molecule has 4 nitrogen and oxygen atoms in total. The molecule has 0 radical (unpaired) electrons. The summed E-state index contributed by atoms with van der Waals surface area (Å²) in [6.45, 7) is 1.13. The highest BCUT2D eigenvalue weighted by Crippen LogP contribution is 2.73. The van der Waals surface area contributed by atoms with Gasteiger partial charge in [0.2, 0.25) is 0 Å². The fourth-order valence-electron chi connectivity index (χ4n) is 7.04. The first-order valence-corrected chi connectivity index (χ1v) is 8.32. The van der Waals surface area contributed by atoms with Crippen LogP contribution in [0, 0.1) is 11.3 Å². The van der Waals surface area contributed by atoms with Gasteiger partial charge in [0.15, 0.2) is 23.4 Å². The number of hydrogen-bond donors (Lipinski definition) is 1. The molecule has 22 heavy (non-hydrogen) atoms. The summed E-state index contributed by atoms with van der Waals surface area (Å²) in [5.74, 6) is 1.55. The summed E-state index contributed by atoms with van der Waals surface area (Å²) < 4.78 is 6.10. The Morgan fingerprint density at radius 2 is 2.27 bits per heavy atom. The summed E-state index contributed by atoms with van der Waals surface area (Å²) in [6.07, 6.45) is 3.39. The minimum Gasteiger partial charge on any atom is -0.504 e. The summed E-state index contributed by atoms with van der Waals surface area (Å²) in [5.41, 5.74) is 2.67. The van der Waals surface area contributed by atoms with Gasteiger partial charge in [-0.25, -0.2) is 0 Å². The topological polar surface area (TPSA) is 49.8 Å². The van der Waals surface area contributed by atoms with Crippen LogP contribution in [0.5, 0.6) is 11.5 Å². The Morgan fingerprint density at radius 1 is 1.41 bits per heavy atom. The SMILES string of the molecule is CN1CC23Cc4ccc(O)c5c4C4(C2)C(O5)C(=O)CCC4C13. The number of likely N-dealkylation sites (tertiary alicyclic amines) is 1. The quantitative estimate of drug-likeness (QED) is 0.791. The molecule has 1 aromatic carbocycles. The predicted octanol–water partition coefficient (Wildman–Crippen LogP) is 1.63. The molecular formula is C18H19NO3. The molecule has 5 atom stereocenters. The number of hydrogen-bond acceptors (Lipinski definition) is 4. The van der Waals surface area contributed by atoms with E-state index < -0.39 is 0 Å². The van der Waals surface area contributed by atoms with E-state index in [4.69, 9.17) is 4.74 Å². The van der Waals surface area contributed by atoms with Crippen LogP contribution < -0.4 is 4.74 Å². The van der Waals surface area contributed by atoms with E-state index in [1.165, 1.54) is 11.1 Å². The molecule has 2 spiro atoms. The van der Waals surface area contributed by atoms with Gasteiger partial charge in [0.05, 0.1) is 0 Å². The number of phenolic OH excluding ortho intramolecular Hbond substituents is 1. The van der Waals surface area contributed by atoms with Crippen molar-refractivity contribution in [2.45, 2.75) is 43.2 Å². The zero-order chi connectivity index (χ0) is 14.9. The molecule has 1 N–H and O–H groups in total. The maximum atomic E-state index is 12.6.